The zero-order valence-electron chi connectivity index (χ0n) is 14.6. The summed E-state index contributed by atoms with van der Waals surface area (Å²) in [7, 11) is 1.89. The Morgan fingerprint density at radius 1 is 1.38 bits per heavy atom. The molecule has 0 spiro atoms. The van der Waals surface area contributed by atoms with Gasteiger partial charge in [0.2, 0.25) is 0 Å². The van der Waals surface area contributed by atoms with Gasteiger partial charge in [0.25, 0.3) is 0 Å². The van der Waals surface area contributed by atoms with Gasteiger partial charge in [0, 0.05) is 26.2 Å². The second-order valence-corrected chi connectivity index (χ2v) is 6.82. The van der Waals surface area contributed by atoms with E-state index in [1.54, 1.807) is 6.33 Å². The van der Waals surface area contributed by atoms with Gasteiger partial charge in [0.05, 0.1) is 13.2 Å². The minimum Gasteiger partial charge on any atom is -0.366 e. The van der Waals surface area contributed by atoms with Crippen LogP contribution in [0.25, 0.3) is 0 Å². The van der Waals surface area contributed by atoms with E-state index in [9.17, 15) is 4.79 Å². The molecular weight excluding hydrogens is 308 g/mol. The van der Waals surface area contributed by atoms with Gasteiger partial charge in [-0.1, -0.05) is 6.42 Å². The number of morpholine rings is 1. The summed E-state index contributed by atoms with van der Waals surface area (Å²) in [6.07, 6.45) is 5.30. The van der Waals surface area contributed by atoms with Gasteiger partial charge in [-0.3, -0.25) is 0 Å². The lowest BCUT2D eigenvalue weighted by molar-refractivity contribution is -0.0218. The lowest BCUT2D eigenvalue weighted by atomic mass is 10.1. The first-order valence-corrected chi connectivity index (χ1v) is 8.87. The van der Waals surface area contributed by atoms with Crippen molar-refractivity contribution >= 4 is 6.03 Å². The Morgan fingerprint density at radius 3 is 2.88 bits per heavy atom. The monoisotopic (exact) mass is 336 g/mol. The third kappa shape index (κ3) is 4.24. The van der Waals surface area contributed by atoms with E-state index in [1.807, 2.05) is 16.5 Å². The lowest BCUT2D eigenvalue weighted by Crippen LogP contribution is -2.52. The highest BCUT2D eigenvalue weighted by molar-refractivity contribution is 5.74. The van der Waals surface area contributed by atoms with Gasteiger partial charge in [0.1, 0.15) is 12.4 Å². The maximum Gasteiger partial charge on any atom is 0.317 e. The average molecular weight is 336 g/mol. The van der Waals surface area contributed by atoms with Gasteiger partial charge < -0.3 is 24.4 Å². The van der Waals surface area contributed by atoms with E-state index in [0.717, 1.165) is 25.5 Å². The molecule has 2 aliphatic rings. The van der Waals surface area contributed by atoms with Crippen molar-refractivity contribution in [3.63, 3.8) is 0 Å². The molecule has 8 nitrogen and oxygen atoms in total. The van der Waals surface area contributed by atoms with Gasteiger partial charge in [-0.05, 0) is 32.9 Å². The van der Waals surface area contributed by atoms with Crippen LogP contribution in [-0.2, 0) is 11.8 Å². The van der Waals surface area contributed by atoms with Crippen molar-refractivity contribution in [1.29, 1.82) is 0 Å². The Hall–Kier alpha value is -1.67. The topological polar surface area (TPSA) is 75.5 Å². The molecule has 2 fully saturated rings. The molecule has 8 heteroatoms. The van der Waals surface area contributed by atoms with E-state index >= 15 is 0 Å². The largest absolute Gasteiger partial charge is 0.366 e. The fourth-order valence-corrected chi connectivity index (χ4v) is 3.45. The first kappa shape index (κ1) is 17.2. The molecular formula is C16H28N6O2. The molecule has 2 amide bonds. The van der Waals surface area contributed by atoms with Crippen molar-refractivity contribution in [3.8, 4) is 0 Å². The number of hydrogen-bond acceptors (Lipinski definition) is 5. The standard InChI is InChI=1S/C16H28N6O2/c1-13(10-21-6-4-3-5-7-21)18-16(23)22-8-9-24-14(11-22)15-19-17-12-20(15)2/h12-14H,3-11H2,1-2H3,(H,18,23)/t13-,14-/m0/s1. The molecule has 24 heavy (non-hydrogen) atoms. The van der Waals surface area contributed by atoms with Crippen LogP contribution in [-0.4, -0.2) is 76.0 Å². The van der Waals surface area contributed by atoms with Crippen LogP contribution in [0.2, 0.25) is 0 Å². The molecule has 3 rings (SSSR count). The van der Waals surface area contributed by atoms with Crippen molar-refractivity contribution < 1.29 is 9.53 Å². The average Bonchev–Trinajstić information content (AvgIpc) is 3.02. The Balaban J connectivity index is 1.49. The lowest BCUT2D eigenvalue weighted by Gasteiger charge is -2.34. The zero-order chi connectivity index (χ0) is 16.9. The summed E-state index contributed by atoms with van der Waals surface area (Å²) in [5.41, 5.74) is 0. The maximum absolute atomic E-state index is 12.5. The molecule has 2 aliphatic heterocycles. The number of ether oxygens (including phenoxy) is 1. The first-order valence-electron chi connectivity index (χ1n) is 8.87. The minimum atomic E-state index is -0.214. The number of urea groups is 1. The number of nitrogens with zero attached hydrogens (tertiary/aromatic N) is 5. The number of carbonyl (C=O) groups is 1. The fourth-order valence-electron chi connectivity index (χ4n) is 3.45. The normalized spacial score (nSPS) is 23.9. The Bertz CT molecular complexity index is 542. The molecule has 0 saturated carbocycles. The van der Waals surface area contributed by atoms with Crippen LogP contribution in [0.5, 0.6) is 0 Å². The number of aromatic nitrogens is 3. The number of nitrogens with one attached hydrogen (secondary N) is 1. The van der Waals surface area contributed by atoms with E-state index in [1.165, 1.54) is 19.3 Å². The number of amides is 2. The second kappa shape index (κ2) is 7.94. The maximum atomic E-state index is 12.5. The van der Waals surface area contributed by atoms with Crippen LogP contribution in [0.4, 0.5) is 4.79 Å². The van der Waals surface area contributed by atoms with Crippen LogP contribution in [0.3, 0.4) is 0 Å². The summed E-state index contributed by atoms with van der Waals surface area (Å²) in [6.45, 7) is 6.92. The second-order valence-electron chi connectivity index (χ2n) is 6.82. The zero-order valence-corrected chi connectivity index (χ0v) is 14.6. The van der Waals surface area contributed by atoms with Crippen LogP contribution in [0.1, 0.15) is 38.1 Å². The third-order valence-corrected chi connectivity index (χ3v) is 4.74. The van der Waals surface area contributed by atoms with Gasteiger partial charge in [0.15, 0.2) is 5.82 Å². The highest BCUT2D eigenvalue weighted by Crippen LogP contribution is 2.19. The van der Waals surface area contributed by atoms with Gasteiger partial charge in [-0.15, -0.1) is 10.2 Å². The van der Waals surface area contributed by atoms with Crippen molar-refractivity contribution in [2.45, 2.75) is 38.3 Å². The van der Waals surface area contributed by atoms with Crippen LogP contribution < -0.4 is 5.32 Å². The number of carbonyl (C=O) groups excluding carboxylic acids is 1. The summed E-state index contributed by atoms with van der Waals surface area (Å²) < 4.78 is 7.60. The highest BCUT2D eigenvalue weighted by atomic mass is 16.5. The van der Waals surface area contributed by atoms with E-state index in [2.05, 4.69) is 27.3 Å². The molecule has 0 unspecified atom stereocenters. The number of likely N-dealkylation sites (tertiary alicyclic amines) is 1. The number of hydrogen-bond donors (Lipinski definition) is 1. The SMILES string of the molecule is C[C@@H](CN1CCCCC1)NC(=O)N1CCO[C@H](c2nncn2C)C1. The van der Waals surface area contributed by atoms with E-state index in [4.69, 9.17) is 4.74 Å². The van der Waals surface area contributed by atoms with Crippen molar-refractivity contribution in [2.24, 2.45) is 7.05 Å². The third-order valence-electron chi connectivity index (χ3n) is 4.74. The van der Waals surface area contributed by atoms with Gasteiger partial charge >= 0.3 is 6.03 Å². The summed E-state index contributed by atoms with van der Waals surface area (Å²) in [4.78, 5) is 16.8. The smallest absolute Gasteiger partial charge is 0.317 e. The molecule has 0 aliphatic carbocycles. The predicted octanol–water partition coefficient (Wildman–Crippen LogP) is 0.772. The summed E-state index contributed by atoms with van der Waals surface area (Å²) in [6, 6.07) is 0.127. The van der Waals surface area contributed by atoms with E-state index in [0.29, 0.717) is 19.7 Å². The quantitative estimate of drug-likeness (QED) is 0.879. The van der Waals surface area contributed by atoms with Crippen LogP contribution >= 0.6 is 0 Å². The fraction of sp³-hybridized carbons (Fsp3) is 0.812. The van der Waals surface area contributed by atoms with Crippen LogP contribution in [0.15, 0.2) is 6.33 Å². The predicted molar refractivity (Wildman–Crippen MR) is 89.6 cm³/mol. The molecule has 3 heterocycles. The summed E-state index contributed by atoms with van der Waals surface area (Å²) in [5, 5.41) is 11.1. The van der Waals surface area contributed by atoms with E-state index < -0.39 is 0 Å². The summed E-state index contributed by atoms with van der Waals surface area (Å²) >= 11 is 0. The molecule has 0 radical (unpaired) electrons. The van der Waals surface area contributed by atoms with Crippen molar-refractivity contribution in [3.05, 3.63) is 12.2 Å². The minimum absolute atomic E-state index is 0.0185. The number of aryl methyl sites for hydroxylation is 1. The van der Waals surface area contributed by atoms with E-state index in [-0.39, 0.29) is 18.2 Å². The van der Waals surface area contributed by atoms with Gasteiger partial charge in [-0.2, -0.15) is 0 Å². The first-order chi connectivity index (χ1) is 11.6. The molecule has 0 bridgehead atoms. The molecule has 1 aromatic heterocycles. The number of piperidine rings is 1. The number of rotatable bonds is 4. The van der Waals surface area contributed by atoms with Crippen molar-refractivity contribution in [2.75, 3.05) is 39.3 Å². The van der Waals surface area contributed by atoms with Gasteiger partial charge in [-0.25, -0.2) is 4.79 Å². The Morgan fingerprint density at radius 2 is 2.17 bits per heavy atom. The van der Waals surface area contributed by atoms with Crippen LogP contribution in [0, 0.1) is 0 Å². The Labute approximate surface area is 143 Å². The molecule has 0 aromatic carbocycles. The summed E-state index contributed by atoms with van der Waals surface area (Å²) in [5.74, 6) is 0.758. The molecule has 1 N–H and O–H groups in total. The molecule has 2 atom stereocenters. The highest BCUT2D eigenvalue weighted by Gasteiger charge is 2.29. The van der Waals surface area contributed by atoms with Crippen molar-refractivity contribution in [1.82, 2.24) is 29.9 Å². The molecule has 1 aromatic rings. The molecule has 2 saturated heterocycles. The molecule has 134 valence electrons. The Kier molecular flexibility index (Phi) is 5.68.